The molecule has 1 aromatic heterocycles. The van der Waals surface area contributed by atoms with Crippen LogP contribution in [0.4, 0.5) is 0 Å². The molecule has 0 aliphatic carbocycles. The molecule has 4 heteroatoms. The minimum Gasteiger partial charge on any atom is -0.294 e. The van der Waals surface area contributed by atoms with Crippen LogP contribution in [0.2, 0.25) is 0 Å². The highest BCUT2D eigenvalue weighted by atomic mass is 79.9. The number of carbonyl (C=O) groups excluding carboxylic acids is 1. The Bertz CT molecular complexity index is 312. The summed E-state index contributed by atoms with van der Waals surface area (Å²) in [4.78, 5) is 15.1. The lowest BCUT2D eigenvalue weighted by molar-refractivity contribution is 0.101. The molecule has 0 aliphatic heterocycles. The molecule has 2 nitrogen and oxygen atoms in total. The Morgan fingerprint density at radius 3 is 2.75 bits per heavy atom. The maximum Gasteiger partial charge on any atom is 0.162 e. The maximum absolute atomic E-state index is 11.2. The van der Waals surface area contributed by atoms with E-state index >= 15 is 0 Å². The predicted octanol–water partition coefficient (Wildman–Crippen LogP) is 2.94. The van der Waals surface area contributed by atoms with Gasteiger partial charge in [0.1, 0.15) is 4.60 Å². The van der Waals surface area contributed by atoms with Gasteiger partial charge in [0.25, 0.3) is 0 Å². The highest BCUT2D eigenvalue weighted by Crippen LogP contribution is 2.20. The second kappa shape index (κ2) is 4.14. The fourth-order valence-corrected chi connectivity index (χ4v) is 2.08. The van der Waals surface area contributed by atoms with Crippen molar-refractivity contribution in [3.8, 4) is 0 Å². The topological polar surface area (TPSA) is 30.0 Å². The first-order valence-electron chi connectivity index (χ1n) is 3.37. The van der Waals surface area contributed by atoms with E-state index in [4.69, 9.17) is 0 Å². The van der Waals surface area contributed by atoms with Crippen molar-refractivity contribution < 1.29 is 4.79 Å². The van der Waals surface area contributed by atoms with Crippen LogP contribution in [0, 0.1) is 0 Å². The van der Waals surface area contributed by atoms with Gasteiger partial charge in [-0.15, -0.1) is 0 Å². The van der Waals surface area contributed by atoms with Gasteiger partial charge >= 0.3 is 0 Å². The Morgan fingerprint density at radius 2 is 2.33 bits per heavy atom. The van der Waals surface area contributed by atoms with Crippen LogP contribution in [0.3, 0.4) is 0 Å². The van der Waals surface area contributed by atoms with Gasteiger partial charge in [-0.05, 0) is 34.5 Å². The zero-order chi connectivity index (χ0) is 9.14. The van der Waals surface area contributed by atoms with Crippen LogP contribution < -0.4 is 0 Å². The molecule has 64 valence electrons. The molecule has 0 spiro atoms. The Labute approximate surface area is 87.6 Å². The van der Waals surface area contributed by atoms with Crippen molar-refractivity contribution in [3.63, 3.8) is 0 Å². The van der Waals surface area contributed by atoms with Crippen molar-refractivity contribution >= 4 is 37.6 Å². The number of hydrogen-bond acceptors (Lipinski definition) is 2. The molecule has 0 N–H and O–H groups in total. The van der Waals surface area contributed by atoms with Crippen molar-refractivity contribution in [2.75, 3.05) is 0 Å². The number of rotatable bonds is 2. The molecule has 0 aromatic carbocycles. The lowest BCUT2D eigenvalue weighted by Crippen LogP contribution is -2.00. The number of ketones is 1. The average molecular weight is 293 g/mol. The first-order valence-corrected chi connectivity index (χ1v) is 5.28. The van der Waals surface area contributed by atoms with E-state index in [2.05, 4.69) is 36.8 Å². The summed E-state index contributed by atoms with van der Waals surface area (Å²) in [6.07, 6.45) is 1.67. The van der Waals surface area contributed by atoms with Crippen LogP contribution in [-0.4, -0.2) is 10.8 Å². The van der Waals surface area contributed by atoms with Crippen LogP contribution in [0.25, 0.3) is 0 Å². The van der Waals surface area contributed by atoms with E-state index in [-0.39, 0.29) is 5.78 Å². The molecule has 0 saturated carbocycles. The average Bonchev–Trinajstić information content (AvgIpc) is 2.03. The minimum atomic E-state index is 0.0319. The summed E-state index contributed by atoms with van der Waals surface area (Å²) < 4.78 is 0.618. The van der Waals surface area contributed by atoms with Crippen molar-refractivity contribution in [1.82, 2.24) is 4.98 Å². The molecule has 1 rings (SSSR count). The molecule has 0 amide bonds. The Morgan fingerprint density at radius 1 is 1.67 bits per heavy atom. The second-order valence-corrected chi connectivity index (χ2v) is 3.64. The van der Waals surface area contributed by atoms with Crippen LogP contribution in [0.5, 0.6) is 0 Å². The summed E-state index contributed by atoms with van der Waals surface area (Å²) >= 11 is 6.55. The van der Waals surface area contributed by atoms with Crippen LogP contribution in [0.15, 0.2) is 16.9 Å². The monoisotopic (exact) mass is 291 g/mol. The number of halogens is 2. The zero-order valence-electron chi connectivity index (χ0n) is 6.47. The van der Waals surface area contributed by atoms with Gasteiger partial charge in [-0.2, -0.15) is 0 Å². The number of hydrogen-bond donors (Lipinski definition) is 0. The van der Waals surface area contributed by atoms with Crippen LogP contribution >= 0.6 is 31.9 Å². The van der Waals surface area contributed by atoms with Gasteiger partial charge < -0.3 is 0 Å². The highest BCUT2D eigenvalue weighted by molar-refractivity contribution is 9.10. The number of nitrogens with zero attached hydrogens (tertiary/aromatic N) is 1. The number of Topliss-reactive ketones (excluding diaryl/α,β-unsaturated/α-hetero) is 1. The molecule has 0 atom stereocenters. The van der Waals surface area contributed by atoms with E-state index in [0.29, 0.717) is 15.5 Å². The smallest absolute Gasteiger partial charge is 0.162 e. The van der Waals surface area contributed by atoms with E-state index in [1.807, 2.05) is 6.07 Å². The van der Waals surface area contributed by atoms with E-state index in [0.717, 1.165) is 5.56 Å². The first-order chi connectivity index (χ1) is 5.66. The third-order valence-corrected chi connectivity index (χ3v) is 2.69. The predicted molar refractivity (Wildman–Crippen MR) is 54.6 cm³/mol. The van der Waals surface area contributed by atoms with Crippen molar-refractivity contribution in [1.29, 1.82) is 0 Å². The Balaban J connectivity index is 3.29. The second-order valence-electron chi connectivity index (χ2n) is 2.33. The number of carbonyl (C=O) groups is 1. The molecule has 0 radical (unpaired) electrons. The molecule has 0 saturated heterocycles. The van der Waals surface area contributed by atoms with Gasteiger partial charge in [0.15, 0.2) is 5.78 Å². The van der Waals surface area contributed by atoms with Gasteiger partial charge in [-0.25, -0.2) is 4.98 Å². The van der Waals surface area contributed by atoms with E-state index in [9.17, 15) is 4.79 Å². The van der Waals surface area contributed by atoms with Gasteiger partial charge in [0, 0.05) is 11.5 Å². The SMILES string of the molecule is CC(=O)c1c(CBr)ccnc1Br. The molecule has 12 heavy (non-hydrogen) atoms. The summed E-state index contributed by atoms with van der Waals surface area (Å²) in [5.41, 5.74) is 1.62. The highest BCUT2D eigenvalue weighted by Gasteiger charge is 2.10. The summed E-state index contributed by atoms with van der Waals surface area (Å²) in [6, 6.07) is 1.83. The minimum absolute atomic E-state index is 0.0319. The number of aromatic nitrogens is 1. The van der Waals surface area contributed by atoms with Crippen molar-refractivity contribution in [2.24, 2.45) is 0 Å². The van der Waals surface area contributed by atoms with Crippen molar-refractivity contribution in [2.45, 2.75) is 12.3 Å². The molecular formula is C8H7Br2NO. The third kappa shape index (κ3) is 1.93. The van der Waals surface area contributed by atoms with Gasteiger partial charge in [-0.1, -0.05) is 15.9 Å². The molecule has 0 fully saturated rings. The first kappa shape index (κ1) is 9.86. The van der Waals surface area contributed by atoms with Gasteiger partial charge in [-0.3, -0.25) is 4.79 Å². The quantitative estimate of drug-likeness (QED) is 0.477. The van der Waals surface area contributed by atoms with Crippen LogP contribution in [-0.2, 0) is 5.33 Å². The van der Waals surface area contributed by atoms with Crippen LogP contribution in [0.1, 0.15) is 22.8 Å². The fraction of sp³-hybridized carbons (Fsp3) is 0.250. The van der Waals surface area contributed by atoms with Gasteiger partial charge in [0.05, 0.1) is 5.56 Å². The van der Waals surface area contributed by atoms with Gasteiger partial charge in [0.2, 0.25) is 0 Å². The standard InChI is InChI=1S/C8H7Br2NO/c1-5(12)7-6(4-9)2-3-11-8(7)10/h2-3H,4H2,1H3. The zero-order valence-corrected chi connectivity index (χ0v) is 9.65. The summed E-state index contributed by atoms with van der Waals surface area (Å²) in [5.74, 6) is 0.0319. The van der Waals surface area contributed by atoms with Crippen molar-refractivity contribution in [3.05, 3.63) is 28.0 Å². The van der Waals surface area contributed by atoms with E-state index in [1.165, 1.54) is 6.92 Å². The molecule has 0 aliphatic rings. The number of pyridine rings is 1. The normalized spacial score (nSPS) is 9.92. The maximum atomic E-state index is 11.2. The molecule has 0 unspecified atom stereocenters. The molecule has 1 aromatic rings. The largest absolute Gasteiger partial charge is 0.294 e. The third-order valence-electron chi connectivity index (χ3n) is 1.49. The summed E-state index contributed by atoms with van der Waals surface area (Å²) in [7, 11) is 0. The molecule has 0 bridgehead atoms. The Hall–Kier alpha value is -0.220. The summed E-state index contributed by atoms with van der Waals surface area (Å²) in [5, 5.41) is 0.670. The van der Waals surface area contributed by atoms with E-state index < -0.39 is 0 Å². The molecule has 1 heterocycles. The lowest BCUT2D eigenvalue weighted by Gasteiger charge is -2.03. The number of alkyl halides is 1. The lowest BCUT2D eigenvalue weighted by atomic mass is 10.1. The Kier molecular flexibility index (Phi) is 3.40. The molecular weight excluding hydrogens is 286 g/mol. The summed E-state index contributed by atoms with van der Waals surface area (Å²) in [6.45, 7) is 1.54. The fourth-order valence-electron chi connectivity index (χ4n) is 0.956. The van der Waals surface area contributed by atoms with E-state index in [1.54, 1.807) is 6.20 Å².